The van der Waals surface area contributed by atoms with Crippen LogP contribution >= 0.6 is 0 Å². The molecule has 1 unspecified atom stereocenters. The van der Waals surface area contributed by atoms with Crippen LogP contribution in [-0.4, -0.2) is 5.78 Å². The van der Waals surface area contributed by atoms with E-state index in [4.69, 9.17) is 0 Å². The molecule has 0 saturated carbocycles. The maximum Gasteiger partial charge on any atom is 0.152 e. The van der Waals surface area contributed by atoms with Crippen molar-refractivity contribution in [2.45, 2.75) is 46.5 Å². The minimum absolute atomic E-state index is 0.0874. The predicted octanol–water partition coefficient (Wildman–Crippen LogP) is 4.83. The molecule has 18 heavy (non-hydrogen) atoms. The number of carbonyl (C=O) groups is 1. The Morgan fingerprint density at radius 2 is 1.72 bits per heavy atom. The second-order valence-corrected chi connectivity index (χ2v) is 5.48. The van der Waals surface area contributed by atoms with E-state index in [1.54, 1.807) is 13.0 Å². The Hall–Kier alpha value is -1.37. The van der Waals surface area contributed by atoms with Crippen LogP contribution in [0.3, 0.4) is 0 Å². The van der Waals surface area contributed by atoms with Crippen molar-refractivity contribution in [3.05, 3.63) is 41.5 Å². The molecule has 0 bridgehead atoms. The number of carbonyl (C=O) groups excluding carboxylic acids is 1. The van der Waals surface area contributed by atoms with Gasteiger partial charge in [0, 0.05) is 0 Å². The first-order valence-corrected chi connectivity index (χ1v) is 6.77. The quantitative estimate of drug-likeness (QED) is 0.655. The highest BCUT2D eigenvalue weighted by Crippen LogP contribution is 2.23. The summed E-state index contributed by atoms with van der Waals surface area (Å²) in [6.07, 6.45) is 5.98. The summed E-state index contributed by atoms with van der Waals surface area (Å²) < 4.78 is 0. The first-order valence-electron chi connectivity index (χ1n) is 6.77. The highest BCUT2D eigenvalue weighted by atomic mass is 16.1. The second kappa shape index (κ2) is 7.15. The van der Waals surface area contributed by atoms with Gasteiger partial charge in [-0.05, 0) is 42.4 Å². The normalized spacial score (nSPS) is 13.2. The monoisotopic (exact) mass is 244 g/mol. The van der Waals surface area contributed by atoms with Crippen LogP contribution in [0.5, 0.6) is 0 Å². The second-order valence-electron chi connectivity index (χ2n) is 5.48. The van der Waals surface area contributed by atoms with Gasteiger partial charge in [-0.15, -0.1) is 0 Å². The summed E-state index contributed by atoms with van der Waals surface area (Å²) in [5.74, 6) is 1.47. The third-order valence-electron chi connectivity index (χ3n) is 3.19. The summed E-state index contributed by atoms with van der Waals surface area (Å²) in [7, 11) is 0. The van der Waals surface area contributed by atoms with E-state index in [0.29, 0.717) is 5.92 Å². The van der Waals surface area contributed by atoms with E-state index < -0.39 is 0 Å². The number of hydrogen-bond acceptors (Lipinski definition) is 1. The van der Waals surface area contributed by atoms with Crippen LogP contribution in [0.15, 0.2) is 30.3 Å². The Morgan fingerprint density at radius 1 is 1.11 bits per heavy atom. The first kappa shape index (κ1) is 14.7. The maximum absolute atomic E-state index is 10.9. The van der Waals surface area contributed by atoms with Crippen molar-refractivity contribution in [3.8, 4) is 0 Å². The summed E-state index contributed by atoms with van der Waals surface area (Å²) in [6, 6.07) is 8.51. The van der Waals surface area contributed by atoms with Gasteiger partial charge in [-0.25, -0.2) is 0 Å². The van der Waals surface area contributed by atoms with Gasteiger partial charge < -0.3 is 0 Å². The number of allylic oxidation sites excluding steroid dienone is 1. The van der Waals surface area contributed by atoms with E-state index in [1.807, 2.05) is 6.08 Å². The summed E-state index contributed by atoms with van der Waals surface area (Å²) in [5, 5.41) is 0. The fraction of sp³-hybridized carbons (Fsp3) is 0.471. The topological polar surface area (TPSA) is 17.1 Å². The van der Waals surface area contributed by atoms with Crippen LogP contribution in [0.25, 0.3) is 6.08 Å². The molecule has 1 rings (SSSR count). The smallest absolute Gasteiger partial charge is 0.152 e. The third-order valence-corrected chi connectivity index (χ3v) is 3.19. The van der Waals surface area contributed by atoms with E-state index in [-0.39, 0.29) is 5.78 Å². The standard InChI is InChI=1S/C17H24O/c1-13(2)5-6-14(3)17-11-9-16(10-12-17)8-7-15(4)18/h7-14H,5-6H2,1-4H3. The summed E-state index contributed by atoms with van der Waals surface area (Å²) in [5.41, 5.74) is 2.47. The SMILES string of the molecule is CC(=O)C=Cc1ccc(C(C)CCC(C)C)cc1. The van der Waals surface area contributed by atoms with Crippen LogP contribution < -0.4 is 0 Å². The van der Waals surface area contributed by atoms with E-state index in [9.17, 15) is 4.79 Å². The molecule has 0 saturated heterocycles. The van der Waals surface area contributed by atoms with Gasteiger partial charge in [0.1, 0.15) is 0 Å². The molecule has 1 aromatic carbocycles. The van der Waals surface area contributed by atoms with Crippen molar-refractivity contribution in [2.24, 2.45) is 5.92 Å². The van der Waals surface area contributed by atoms with Gasteiger partial charge in [-0.3, -0.25) is 4.79 Å². The van der Waals surface area contributed by atoms with Crippen LogP contribution in [0.4, 0.5) is 0 Å². The van der Waals surface area contributed by atoms with Crippen molar-refractivity contribution in [1.82, 2.24) is 0 Å². The van der Waals surface area contributed by atoms with Gasteiger partial charge in [0.2, 0.25) is 0 Å². The molecule has 0 aliphatic rings. The molecular weight excluding hydrogens is 220 g/mol. The molecule has 0 N–H and O–H groups in total. The zero-order chi connectivity index (χ0) is 13.5. The lowest BCUT2D eigenvalue weighted by atomic mass is 9.92. The Labute approximate surface area is 111 Å². The number of ketones is 1. The number of benzene rings is 1. The van der Waals surface area contributed by atoms with Crippen molar-refractivity contribution in [2.75, 3.05) is 0 Å². The van der Waals surface area contributed by atoms with Crippen molar-refractivity contribution in [3.63, 3.8) is 0 Å². The van der Waals surface area contributed by atoms with Crippen LogP contribution in [-0.2, 0) is 4.79 Å². The van der Waals surface area contributed by atoms with Crippen molar-refractivity contribution < 1.29 is 4.79 Å². The van der Waals surface area contributed by atoms with E-state index >= 15 is 0 Å². The Morgan fingerprint density at radius 3 is 2.22 bits per heavy atom. The average molecular weight is 244 g/mol. The van der Waals surface area contributed by atoms with Crippen molar-refractivity contribution in [1.29, 1.82) is 0 Å². The van der Waals surface area contributed by atoms with Crippen LogP contribution in [0.2, 0.25) is 0 Å². The zero-order valence-electron chi connectivity index (χ0n) is 11.9. The van der Waals surface area contributed by atoms with E-state index in [0.717, 1.165) is 11.5 Å². The molecule has 0 radical (unpaired) electrons. The summed E-state index contributed by atoms with van der Waals surface area (Å²) in [6.45, 7) is 8.38. The van der Waals surface area contributed by atoms with E-state index in [1.165, 1.54) is 18.4 Å². The molecule has 0 aromatic heterocycles. The van der Waals surface area contributed by atoms with Crippen molar-refractivity contribution >= 4 is 11.9 Å². The molecule has 1 nitrogen and oxygen atoms in total. The van der Waals surface area contributed by atoms with Gasteiger partial charge in [0.25, 0.3) is 0 Å². The van der Waals surface area contributed by atoms with Gasteiger partial charge >= 0.3 is 0 Å². The first-order chi connectivity index (χ1) is 8.49. The average Bonchev–Trinajstić information content (AvgIpc) is 2.34. The molecule has 0 amide bonds. The fourth-order valence-electron chi connectivity index (χ4n) is 1.90. The Bertz CT molecular complexity index is 398. The number of rotatable bonds is 6. The molecule has 0 aliphatic heterocycles. The minimum atomic E-state index is 0.0874. The lowest BCUT2D eigenvalue weighted by Crippen LogP contribution is -1.96. The molecule has 1 heteroatoms. The van der Waals surface area contributed by atoms with E-state index in [2.05, 4.69) is 45.0 Å². The molecule has 0 heterocycles. The molecule has 98 valence electrons. The highest BCUT2D eigenvalue weighted by molar-refractivity contribution is 5.91. The molecule has 1 aromatic rings. The Kier molecular flexibility index (Phi) is 5.84. The fourth-order valence-corrected chi connectivity index (χ4v) is 1.90. The maximum atomic E-state index is 10.9. The number of hydrogen-bond donors (Lipinski definition) is 0. The molecule has 0 spiro atoms. The predicted molar refractivity (Wildman–Crippen MR) is 78.6 cm³/mol. The summed E-state index contributed by atoms with van der Waals surface area (Å²) >= 11 is 0. The van der Waals surface area contributed by atoms with Gasteiger partial charge in [-0.2, -0.15) is 0 Å². The largest absolute Gasteiger partial charge is 0.295 e. The molecule has 0 aliphatic carbocycles. The molecule has 0 fully saturated rings. The van der Waals surface area contributed by atoms with Crippen LogP contribution in [0.1, 0.15) is 57.6 Å². The van der Waals surface area contributed by atoms with Gasteiger partial charge in [0.05, 0.1) is 0 Å². The summed E-state index contributed by atoms with van der Waals surface area (Å²) in [4.78, 5) is 10.9. The Balaban J connectivity index is 2.61. The zero-order valence-corrected chi connectivity index (χ0v) is 11.9. The molecular formula is C17H24O. The van der Waals surface area contributed by atoms with Gasteiger partial charge in [-0.1, -0.05) is 57.5 Å². The lowest BCUT2D eigenvalue weighted by Gasteiger charge is -2.13. The third kappa shape index (κ3) is 5.31. The van der Waals surface area contributed by atoms with Crippen LogP contribution in [0, 0.1) is 5.92 Å². The highest BCUT2D eigenvalue weighted by Gasteiger charge is 2.06. The molecule has 1 atom stereocenters. The van der Waals surface area contributed by atoms with Gasteiger partial charge in [0.15, 0.2) is 5.78 Å². The minimum Gasteiger partial charge on any atom is -0.295 e. The lowest BCUT2D eigenvalue weighted by molar-refractivity contribution is -0.112.